The van der Waals surface area contributed by atoms with E-state index in [4.69, 9.17) is 10.3 Å². The van der Waals surface area contributed by atoms with E-state index in [-0.39, 0.29) is 11.5 Å². The van der Waals surface area contributed by atoms with Crippen LogP contribution in [0.15, 0.2) is 5.11 Å². The highest BCUT2D eigenvalue weighted by atomic mass is 16.6. The van der Waals surface area contributed by atoms with Gasteiger partial charge in [-0.2, -0.15) is 0 Å². The molecule has 0 radical (unpaired) electrons. The van der Waals surface area contributed by atoms with Gasteiger partial charge in [0.25, 0.3) is 0 Å². The van der Waals surface area contributed by atoms with Crippen LogP contribution in [0.3, 0.4) is 0 Å². The van der Waals surface area contributed by atoms with E-state index in [0.717, 1.165) is 19.4 Å². The average Bonchev–Trinajstić information content (AvgIpc) is 2.23. The highest BCUT2D eigenvalue weighted by Crippen LogP contribution is 2.50. The van der Waals surface area contributed by atoms with Crippen LogP contribution in [0, 0.1) is 11.3 Å². The van der Waals surface area contributed by atoms with Crippen molar-refractivity contribution in [1.29, 1.82) is 0 Å². The largest absolute Gasteiger partial charge is 0.444 e. The van der Waals surface area contributed by atoms with Crippen molar-refractivity contribution in [2.45, 2.75) is 39.2 Å². The number of hydrogen-bond donors (Lipinski definition) is 0. The summed E-state index contributed by atoms with van der Waals surface area (Å²) in [5, 5.41) is 3.68. The zero-order valence-electron chi connectivity index (χ0n) is 11.2. The van der Waals surface area contributed by atoms with E-state index in [0.29, 0.717) is 19.0 Å². The molecular weight excluding hydrogens is 232 g/mol. The monoisotopic (exact) mass is 252 g/mol. The highest BCUT2D eigenvalue weighted by molar-refractivity contribution is 5.68. The fraction of sp³-hybridized carbons (Fsp3) is 0.917. The smallest absolute Gasteiger partial charge is 0.410 e. The summed E-state index contributed by atoms with van der Waals surface area (Å²) in [4.78, 5) is 16.6. The van der Waals surface area contributed by atoms with Gasteiger partial charge in [-0.05, 0) is 50.5 Å². The molecule has 6 nitrogen and oxygen atoms in total. The van der Waals surface area contributed by atoms with Gasteiger partial charge in [-0.3, -0.25) is 0 Å². The summed E-state index contributed by atoms with van der Waals surface area (Å²) >= 11 is 0. The van der Waals surface area contributed by atoms with Gasteiger partial charge in [-0.1, -0.05) is 5.11 Å². The molecule has 1 saturated carbocycles. The van der Waals surface area contributed by atoms with Crippen LogP contribution < -0.4 is 0 Å². The average molecular weight is 252 g/mol. The molecule has 18 heavy (non-hydrogen) atoms. The summed E-state index contributed by atoms with van der Waals surface area (Å²) in [5.74, 6) is 0.542. The lowest BCUT2D eigenvalue weighted by atomic mass is 9.59. The van der Waals surface area contributed by atoms with Crippen LogP contribution in [-0.4, -0.2) is 36.2 Å². The van der Waals surface area contributed by atoms with E-state index in [9.17, 15) is 4.79 Å². The molecule has 100 valence electrons. The minimum absolute atomic E-state index is 0.00600. The quantitative estimate of drug-likeness (QED) is 0.430. The Bertz CT molecular complexity index is 389. The van der Waals surface area contributed by atoms with Crippen LogP contribution in [0.5, 0.6) is 0 Å². The molecule has 2 saturated heterocycles. The van der Waals surface area contributed by atoms with E-state index >= 15 is 0 Å². The fourth-order valence-electron chi connectivity index (χ4n) is 3.03. The Morgan fingerprint density at radius 2 is 2.22 bits per heavy atom. The molecule has 3 fully saturated rings. The number of fused-ring (bicyclic) bond motifs is 2. The topological polar surface area (TPSA) is 78.3 Å². The fourth-order valence-corrected chi connectivity index (χ4v) is 3.03. The van der Waals surface area contributed by atoms with Gasteiger partial charge in [0.1, 0.15) is 5.60 Å². The predicted molar refractivity (Wildman–Crippen MR) is 67.0 cm³/mol. The van der Waals surface area contributed by atoms with Gasteiger partial charge in [-0.15, -0.1) is 0 Å². The van der Waals surface area contributed by atoms with Gasteiger partial charge < -0.3 is 9.64 Å². The summed E-state index contributed by atoms with van der Waals surface area (Å²) in [6.45, 7) is 7.51. The van der Waals surface area contributed by atoms with Crippen molar-refractivity contribution in [1.82, 2.24) is 4.90 Å². The second-order valence-electron chi connectivity index (χ2n) is 6.52. The second-order valence-corrected chi connectivity index (χ2v) is 6.52. The normalized spacial score (nSPS) is 30.2. The molecule has 3 rings (SSSR count). The van der Waals surface area contributed by atoms with Crippen molar-refractivity contribution in [3.05, 3.63) is 10.4 Å². The minimum Gasteiger partial charge on any atom is -0.444 e. The Morgan fingerprint density at radius 1 is 1.56 bits per heavy atom. The number of azide groups is 1. The van der Waals surface area contributed by atoms with Crippen LogP contribution in [0.25, 0.3) is 10.4 Å². The summed E-state index contributed by atoms with van der Waals surface area (Å²) in [6.07, 6.45) is 1.87. The summed E-state index contributed by atoms with van der Waals surface area (Å²) in [6, 6.07) is 0. The Morgan fingerprint density at radius 3 is 2.78 bits per heavy atom. The maximum Gasteiger partial charge on any atom is 0.410 e. The zero-order valence-corrected chi connectivity index (χ0v) is 11.2. The molecule has 0 aromatic heterocycles. The third kappa shape index (κ3) is 2.70. The van der Waals surface area contributed by atoms with Crippen LogP contribution in [0.4, 0.5) is 4.79 Å². The first kappa shape index (κ1) is 13.0. The molecule has 0 spiro atoms. The highest BCUT2D eigenvalue weighted by Gasteiger charge is 2.51. The first-order chi connectivity index (χ1) is 8.34. The number of carbonyl (C=O) groups is 1. The van der Waals surface area contributed by atoms with Crippen LogP contribution in [-0.2, 0) is 4.74 Å². The second kappa shape index (κ2) is 4.35. The van der Waals surface area contributed by atoms with Crippen molar-refractivity contribution in [2.75, 3.05) is 19.6 Å². The van der Waals surface area contributed by atoms with Gasteiger partial charge in [0.15, 0.2) is 0 Å². The van der Waals surface area contributed by atoms with Gasteiger partial charge in [0.05, 0.1) is 0 Å². The summed E-state index contributed by atoms with van der Waals surface area (Å²) in [7, 11) is 0. The number of piperidine rings is 2. The molecule has 0 atom stereocenters. The molecule has 1 aliphatic carbocycles. The number of ether oxygens (including phenoxy) is 1. The van der Waals surface area contributed by atoms with Crippen LogP contribution >= 0.6 is 0 Å². The Kier molecular flexibility index (Phi) is 3.15. The molecule has 2 heterocycles. The van der Waals surface area contributed by atoms with Gasteiger partial charge in [0.2, 0.25) is 0 Å². The van der Waals surface area contributed by atoms with E-state index in [1.165, 1.54) is 0 Å². The van der Waals surface area contributed by atoms with E-state index in [1.807, 2.05) is 20.8 Å². The van der Waals surface area contributed by atoms with Gasteiger partial charge in [-0.25, -0.2) is 4.79 Å². The third-order valence-electron chi connectivity index (χ3n) is 3.57. The number of rotatable bonds is 2. The summed E-state index contributed by atoms with van der Waals surface area (Å²) < 4.78 is 5.38. The van der Waals surface area contributed by atoms with E-state index < -0.39 is 5.60 Å². The van der Waals surface area contributed by atoms with E-state index in [2.05, 4.69) is 10.0 Å². The number of nitrogens with zero attached hydrogens (tertiary/aromatic N) is 4. The Hall–Kier alpha value is -1.42. The lowest BCUT2D eigenvalue weighted by Crippen LogP contribution is -2.59. The summed E-state index contributed by atoms with van der Waals surface area (Å²) in [5.41, 5.74) is 7.95. The standard InChI is InChI=1S/C12H20N4O2/c1-11(2,3)18-10(17)16-6-9-4-12(5-9,8-16)7-14-15-13/h9H,4-8H2,1-3H3. The van der Waals surface area contributed by atoms with Gasteiger partial charge >= 0.3 is 6.09 Å². The number of amides is 1. The maximum absolute atomic E-state index is 12.0. The molecular formula is C12H20N4O2. The molecule has 0 N–H and O–H groups in total. The van der Waals surface area contributed by atoms with E-state index in [1.54, 1.807) is 4.90 Å². The molecule has 2 bridgehead atoms. The SMILES string of the molecule is CC(C)(C)OC(=O)N1CC2CC(CN=[N+]=[N-])(C2)C1. The minimum atomic E-state index is -0.462. The maximum atomic E-state index is 12.0. The van der Waals surface area contributed by atoms with Crippen molar-refractivity contribution < 1.29 is 9.53 Å². The first-order valence-corrected chi connectivity index (χ1v) is 6.32. The van der Waals surface area contributed by atoms with Crippen LogP contribution in [0.2, 0.25) is 0 Å². The van der Waals surface area contributed by atoms with Crippen molar-refractivity contribution in [3.63, 3.8) is 0 Å². The molecule has 1 amide bonds. The molecule has 6 heteroatoms. The molecule has 0 unspecified atom stereocenters. The number of carbonyl (C=O) groups excluding carboxylic acids is 1. The lowest BCUT2D eigenvalue weighted by molar-refractivity contribution is -0.0626. The molecule has 3 aliphatic rings. The zero-order chi connectivity index (χ0) is 13.4. The van der Waals surface area contributed by atoms with Crippen molar-refractivity contribution in [3.8, 4) is 0 Å². The predicted octanol–water partition coefficient (Wildman–Crippen LogP) is 2.94. The van der Waals surface area contributed by atoms with Crippen LogP contribution in [0.1, 0.15) is 33.6 Å². The third-order valence-corrected chi connectivity index (χ3v) is 3.57. The lowest BCUT2D eigenvalue weighted by Gasteiger charge is -2.55. The Balaban J connectivity index is 1.96. The van der Waals surface area contributed by atoms with Crippen molar-refractivity contribution >= 4 is 6.09 Å². The number of hydrogen-bond acceptors (Lipinski definition) is 3. The molecule has 0 aromatic rings. The first-order valence-electron chi connectivity index (χ1n) is 6.32. The molecule has 0 aromatic carbocycles. The Labute approximate surface area is 107 Å². The molecule has 2 aliphatic heterocycles. The van der Waals surface area contributed by atoms with Crippen molar-refractivity contribution in [2.24, 2.45) is 16.4 Å². The van der Waals surface area contributed by atoms with Gasteiger partial charge in [0, 0.05) is 24.5 Å².